The van der Waals surface area contributed by atoms with Gasteiger partial charge in [0.1, 0.15) is 0 Å². The van der Waals surface area contributed by atoms with E-state index >= 15 is 0 Å². The zero-order valence-electron chi connectivity index (χ0n) is 12.1. The summed E-state index contributed by atoms with van der Waals surface area (Å²) in [6, 6.07) is 7.44. The summed E-state index contributed by atoms with van der Waals surface area (Å²) in [7, 11) is 0. The minimum Gasteiger partial charge on any atom is -0.394 e. The zero-order chi connectivity index (χ0) is 15.1. The molecule has 0 atom stereocenters. The Kier molecular flexibility index (Phi) is 5.98. The van der Waals surface area contributed by atoms with Crippen LogP contribution in [0.5, 0.6) is 0 Å². The summed E-state index contributed by atoms with van der Waals surface area (Å²) in [5, 5.41) is 11.6. The van der Waals surface area contributed by atoms with E-state index in [2.05, 4.69) is 5.32 Å². The monoisotopic (exact) mass is 293 g/mol. The smallest absolute Gasteiger partial charge is 0.321 e. The number of carbonyl (C=O) groups is 1. The van der Waals surface area contributed by atoms with Crippen molar-refractivity contribution in [3.63, 3.8) is 0 Å². The molecule has 4 N–H and O–H groups in total. The second-order valence-corrected chi connectivity index (χ2v) is 5.11. The number of hydrogen-bond donors (Lipinski definition) is 3. The Labute approximate surface area is 124 Å². The lowest BCUT2D eigenvalue weighted by atomic mass is 10.1. The Balaban J connectivity index is 1.78. The average molecular weight is 293 g/mol. The number of urea groups is 1. The standard InChI is InChI=1S/C15H23N3O3/c16-11-12-1-3-13(4-2-12)17-15(20)18-7-5-14(6-8-18)21-10-9-19/h1-4,14,19H,5-11,16H2,(H,17,20). The number of rotatable bonds is 5. The minimum absolute atomic E-state index is 0.0412. The maximum absolute atomic E-state index is 12.2. The van der Waals surface area contributed by atoms with Crippen LogP contribution in [0.2, 0.25) is 0 Å². The van der Waals surface area contributed by atoms with Crippen LogP contribution < -0.4 is 11.1 Å². The SMILES string of the molecule is NCc1ccc(NC(=O)N2CCC(OCCO)CC2)cc1. The summed E-state index contributed by atoms with van der Waals surface area (Å²) in [4.78, 5) is 13.9. The van der Waals surface area contributed by atoms with Gasteiger partial charge in [0.25, 0.3) is 0 Å². The predicted octanol–water partition coefficient (Wildman–Crippen LogP) is 1.15. The first-order chi connectivity index (χ1) is 10.2. The first kappa shape index (κ1) is 15.8. The molecule has 0 aliphatic carbocycles. The fraction of sp³-hybridized carbons (Fsp3) is 0.533. The summed E-state index contributed by atoms with van der Waals surface area (Å²) < 4.78 is 5.48. The van der Waals surface area contributed by atoms with Crippen LogP contribution in [0.1, 0.15) is 18.4 Å². The molecule has 0 bridgehead atoms. The molecule has 1 aromatic rings. The van der Waals surface area contributed by atoms with Crippen molar-refractivity contribution in [3.8, 4) is 0 Å². The second kappa shape index (κ2) is 7.97. The molecule has 2 amide bonds. The quantitative estimate of drug-likeness (QED) is 0.760. The topological polar surface area (TPSA) is 87.8 Å². The average Bonchev–Trinajstić information content (AvgIpc) is 2.54. The van der Waals surface area contributed by atoms with Gasteiger partial charge in [0, 0.05) is 25.3 Å². The number of carbonyl (C=O) groups excluding carboxylic acids is 1. The lowest BCUT2D eigenvalue weighted by Crippen LogP contribution is -2.43. The highest BCUT2D eigenvalue weighted by Gasteiger charge is 2.23. The lowest BCUT2D eigenvalue weighted by Gasteiger charge is -2.31. The van der Waals surface area contributed by atoms with Gasteiger partial charge in [-0.25, -0.2) is 4.79 Å². The van der Waals surface area contributed by atoms with Gasteiger partial charge in [-0.3, -0.25) is 0 Å². The molecule has 1 heterocycles. The molecular formula is C15H23N3O3. The Hall–Kier alpha value is -1.63. The number of nitrogens with one attached hydrogen (secondary N) is 1. The molecule has 1 saturated heterocycles. The number of amides is 2. The van der Waals surface area contributed by atoms with Gasteiger partial charge < -0.3 is 25.8 Å². The predicted molar refractivity (Wildman–Crippen MR) is 81.0 cm³/mol. The van der Waals surface area contributed by atoms with Gasteiger partial charge in [-0.1, -0.05) is 12.1 Å². The number of benzene rings is 1. The summed E-state index contributed by atoms with van der Waals surface area (Å²) in [6.45, 7) is 2.24. The van der Waals surface area contributed by atoms with Gasteiger partial charge in [0.05, 0.1) is 19.3 Å². The van der Waals surface area contributed by atoms with E-state index in [4.69, 9.17) is 15.6 Å². The molecule has 6 nitrogen and oxygen atoms in total. The molecule has 1 fully saturated rings. The molecule has 0 radical (unpaired) electrons. The number of aliphatic hydroxyl groups excluding tert-OH is 1. The molecule has 116 valence electrons. The van der Waals surface area contributed by atoms with E-state index in [9.17, 15) is 4.79 Å². The van der Waals surface area contributed by atoms with E-state index in [0.29, 0.717) is 26.2 Å². The van der Waals surface area contributed by atoms with Crippen LogP contribution in [-0.4, -0.2) is 48.4 Å². The summed E-state index contributed by atoms with van der Waals surface area (Å²) in [6.07, 6.45) is 1.75. The highest BCUT2D eigenvalue weighted by Crippen LogP contribution is 2.16. The third-order valence-electron chi connectivity index (χ3n) is 3.61. The van der Waals surface area contributed by atoms with E-state index in [1.165, 1.54) is 0 Å². The molecule has 1 aromatic carbocycles. The van der Waals surface area contributed by atoms with Gasteiger partial charge >= 0.3 is 6.03 Å². The van der Waals surface area contributed by atoms with Crippen molar-refractivity contribution in [3.05, 3.63) is 29.8 Å². The summed E-state index contributed by atoms with van der Waals surface area (Å²) in [5.41, 5.74) is 7.35. The second-order valence-electron chi connectivity index (χ2n) is 5.11. The maximum Gasteiger partial charge on any atom is 0.321 e. The lowest BCUT2D eigenvalue weighted by molar-refractivity contribution is -0.000876. The van der Waals surface area contributed by atoms with Crippen LogP contribution in [-0.2, 0) is 11.3 Å². The van der Waals surface area contributed by atoms with Crippen LogP contribution in [0.3, 0.4) is 0 Å². The van der Waals surface area contributed by atoms with Crippen molar-refractivity contribution in [1.82, 2.24) is 4.90 Å². The summed E-state index contributed by atoms with van der Waals surface area (Å²) >= 11 is 0. The molecule has 0 unspecified atom stereocenters. The number of aliphatic hydroxyl groups is 1. The van der Waals surface area contributed by atoms with Crippen molar-refractivity contribution in [1.29, 1.82) is 0 Å². The van der Waals surface area contributed by atoms with Crippen LogP contribution in [0.4, 0.5) is 10.5 Å². The molecule has 21 heavy (non-hydrogen) atoms. The zero-order valence-corrected chi connectivity index (χ0v) is 12.1. The van der Waals surface area contributed by atoms with E-state index < -0.39 is 0 Å². The maximum atomic E-state index is 12.2. The van der Waals surface area contributed by atoms with Crippen LogP contribution in [0.25, 0.3) is 0 Å². The molecule has 0 saturated carbocycles. The number of nitrogens with zero attached hydrogens (tertiary/aromatic N) is 1. The molecule has 6 heteroatoms. The fourth-order valence-corrected chi connectivity index (χ4v) is 2.37. The van der Waals surface area contributed by atoms with Gasteiger partial charge in [-0.05, 0) is 30.5 Å². The van der Waals surface area contributed by atoms with E-state index in [0.717, 1.165) is 24.1 Å². The van der Waals surface area contributed by atoms with Crippen molar-refractivity contribution in [2.45, 2.75) is 25.5 Å². The first-order valence-corrected chi connectivity index (χ1v) is 7.30. The summed E-state index contributed by atoms with van der Waals surface area (Å²) in [5.74, 6) is 0. The largest absolute Gasteiger partial charge is 0.394 e. The Morgan fingerprint density at radius 2 is 2.00 bits per heavy atom. The van der Waals surface area contributed by atoms with E-state index in [1.54, 1.807) is 4.90 Å². The highest BCUT2D eigenvalue weighted by atomic mass is 16.5. The minimum atomic E-state index is -0.0869. The number of anilines is 1. The van der Waals surface area contributed by atoms with Crippen molar-refractivity contribution >= 4 is 11.7 Å². The molecular weight excluding hydrogens is 270 g/mol. The molecule has 1 aliphatic rings. The van der Waals surface area contributed by atoms with Crippen molar-refractivity contribution in [2.24, 2.45) is 5.73 Å². The van der Waals surface area contributed by atoms with Crippen molar-refractivity contribution < 1.29 is 14.6 Å². The normalized spacial score (nSPS) is 16.0. The van der Waals surface area contributed by atoms with Crippen molar-refractivity contribution in [2.75, 3.05) is 31.6 Å². The third kappa shape index (κ3) is 4.70. The van der Waals surface area contributed by atoms with Gasteiger partial charge in [0.15, 0.2) is 0 Å². The Morgan fingerprint density at radius 3 is 2.57 bits per heavy atom. The fourth-order valence-electron chi connectivity index (χ4n) is 2.37. The highest BCUT2D eigenvalue weighted by molar-refractivity contribution is 5.89. The third-order valence-corrected chi connectivity index (χ3v) is 3.61. The Bertz CT molecular complexity index is 442. The first-order valence-electron chi connectivity index (χ1n) is 7.30. The van der Waals surface area contributed by atoms with Crippen LogP contribution >= 0.6 is 0 Å². The Morgan fingerprint density at radius 1 is 1.33 bits per heavy atom. The number of ether oxygens (including phenoxy) is 1. The molecule has 1 aliphatic heterocycles. The number of likely N-dealkylation sites (tertiary alicyclic amines) is 1. The van der Waals surface area contributed by atoms with Gasteiger partial charge in [0.2, 0.25) is 0 Å². The number of hydrogen-bond acceptors (Lipinski definition) is 4. The molecule has 2 rings (SSSR count). The molecule has 0 aromatic heterocycles. The van der Waals surface area contributed by atoms with E-state index in [-0.39, 0.29) is 18.7 Å². The van der Waals surface area contributed by atoms with E-state index in [1.807, 2.05) is 24.3 Å². The van der Waals surface area contributed by atoms with Crippen LogP contribution in [0.15, 0.2) is 24.3 Å². The number of piperidine rings is 1. The van der Waals surface area contributed by atoms with Gasteiger partial charge in [-0.15, -0.1) is 0 Å². The van der Waals surface area contributed by atoms with Crippen LogP contribution in [0, 0.1) is 0 Å². The molecule has 0 spiro atoms. The van der Waals surface area contributed by atoms with Gasteiger partial charge in [-0.2, -0.15) is 0 Å². The number of nitrogens with two attached hydrogens (primary N) is 1.